The highest BCUT2D eigenvalue weighted by atomic mass is 32.2. The summed E-state index contributed by atoms with van der Waals surface area (Å²) in [7, 11) is 0. The number of benzene rings is 4. The molecular weight excluding hydrogens is 520 g/mol. The van der Waals surface area contributed by atoms with Gasteiger partial charge in [0.15, 0.2) is 5.78 Å². The smallest absolute Gasteiger partial charge is 0.336 e. The van der Waals surface area contributed by atoms with E-state index >= 15 is 0 Å². The Bertz CT molecular complexity index is 1820. The number of nitrogens with zero attached hydrogens (tertiary/aromatic N) is 1. The van der Waals surface area contributed by atoms with Crippen molar-refractivity contribution in [2.45, 2.75) is 31.7 Å². The van der Waals surface area contributed by atoms with Crippen LogP contribution in [0.15, 0.2) is 89.8 Å². The molecule has 0 unspecified atom stereocenters. The van der Waals surface area contributed by atoms with Gasteiger partial charge in [0.25, 0.3) is 0 Å². The zero-order chi connectivity index (χ0) is 28.4. The SMILES string of the molecule is CCn1c2ccc(C(=O)C(=N)CCSc3ccccc3C(=O)O)cc2c2cc(C(=O)c3ccccc3C)ccc21. The molecular formula is C33H28N2O4S. The lowest BCUT2D eigenvalue weighted by molar-refractivity contribution is 0.0692. The Labute approximate surface area is 236 Å². The maximum atomic E-state index is 13.3. The molecule has 0 amide bonds. The second kappa shape index (κ2) is 11.3. The summed E-state index contributed by atoms with van der Waals surface area (Å²) in [6.45, 7) is 4.70. The Hall–Kier alpha value is -4.49. The van der Waals surface area contributed by atoms with Crippen molar-refractivity contribution in [3.63, 3.8) is 0 Å². The number of carbonyl (C=O) groups is 3. The van der Waals surface area contributed by atoms with Crippen molar-refractivity contribution in [1.29, 1.82) is 5.41 Å². The Morgan fingerprint density at radius 3 is 2.08 bits per heavy atom. The standard InChI is InChI=1S/C33H28N2O4S/c1-3-35-28-14-12-21(31(36)23-9-5-4-8-20(23)2)18-25(28)26-19-22(13-15-29(26)35)32(37)27(34)16-17-40-30-11-7-6-10-24(30)33(38)39/h4-15,18-19,34H,3,16-17H2,1-2H3,(H,38,39). The largest absolute Gasteiger partial charge is 0.478 e. The number of aryl methyl sites for hydroxylation is 2. The molecule has 0 aliphatic rings. The maximum Gasteiger partial charge on any atom is 0.336 e. The van der Waals surface area contributed by atoms with Crippen molar-refractivity contribution in [2.75, 3.05) is 5.75 Å². The molecule has 0 spiro atoms. The number of carbonyl (C=O) groups excluding carboxylic acids is 2. The number of thioether (sulfide) groups is 1. The van der Waals surface area contributed by atoms with E-state index in [9.17, 15) is 19.5 Å². The summed E-state index contributed by atoms with van der Waals surface area (Å²) in [4.78, 5) is 38.6. The van der Waals surface area contributed by atoms with E-state index in [4.69, 9.17) is 5.41 Å². The van der Waals surface area contributed by atoms with Crippen LogP contribution < -0.4 is 0 Å². The van der Waals surface area contributed by atoms with E-state index in [1.54, 1.807) is 30.3 Å². The molecule has 0 radical (unpaired) electrons. The predicted octanol–water partition coefficient (Wildman–Crippen LogP) is 7.44. The Morgan fingerprint density at radius 2 is 1.43 bits per heavy atom. The zero-order valence-corrected chi connectivity index (χ0v) is 23.0. The minimum atomic E-state index is -1.00. The van der Waals surface area contributed by atoms with Gasteiger partial charge >= 0.3 is 5.97 Å². The summed E-state index contributed by atoms with van der Waals surface area (Å²) < 4.78 is 2.16. The van der Waals surface area contributed by atoms with Crippen molar-refractivity contribution in [3.05, 3.63) is 113 Å². The van der Waals surface area contributed by atoms with Gasteiger partial charge in [-0.15, -0.1) is 11.8 Å². The Balaban J connectivity index is 1.43. The van der Waals surface area contributed by atoms with Crippen molar-refractivity contribution in [3.8, 4) is 0 Å². The molecule has 0 fully saturated rings. The second-order valence-corrected chi connectivity index (χ2v) is 10.7. The van der Waals surface area contributed by atoms with Gasteiger partial charge in [0, 0.05) is 62.1 Å². The van der Waals surface area contributed by atoms with Gasteiger partial charge in [-0.05, 0) is 67.9 Å². The second-order valence-electron chi connectivity index (χ2n) is 9.56. The fraction of sp³-hybridized carbons (Fsp3) is 0.152. The number of aromatic nitrogens is 1. The highest BCUT2D eigenvalue weighted by Crippen LogP contribution is 2.32. The number of ketones is 2. The first-order valence-corrected chi connectivity index (χ1v) is 14.0. The van der Waals surface area contributed by atoms with E-state index in [1.165, 1.54) is 11.8 Å². The molecule has 5 aromatic rings. The molecule has 0 atom stereocenters. The molecule has 0 bridgehead atoms. The summed E-state index contributed by atoms with van der Waals surface area (Å²) in [5.74, 6) is -0.999. The maximum absolute atomic E-state index is 13.3. The number of hydrogen-bond acceptors (Lipinski definition) is 5. The lowest BCUT2D eigenvalue weighted by atomic mass is 9.97. The number of hydrogen-bond donors (Lipinski definition) is 2. The topological polar surface area (TPSA) is 100 Å². The molecule has 2 N–H and O–H groups in total. The number of carboxylic acid groups (broad SMARTS) is 1. The first kappa shape index (κ1) is 27.1. The van der Waals surface area contributed by atoms with E-state index in [1.807, 2.05) is 61.5 Å². The fourth-order valence-electron chi connectivity index (χ4n) is 5.03. The lowest BCUT2D eigenvalue weighted by Gasteiger charge is -2.07. The van der Waals surface area contributed by atoms with Gasteiger partial charge in [-0.3, -0.25) is 9.59 Å². The first-order chi connectivity index (χ1) is 19.3. The minimum absolute atomic E-state index is 0.0331. The van der Waals surface area contributed by atoms with Crippen LogP contribution in [-0.2, 0) is 6.54 Å². The normalized spacial score (nSPS) is 11.2. The molecule has 40 heavy (non-hydrogen) atoms. The van der Waals surface area contributed by atoms with Crippen LogP contribution in [-0.4, -0.2) is 38.7 Å². The predicted molar refractivity (Wildman–Crippen MR) is 161 cm³/mol. The van der Waals surface area contributed by atoms with E-state index in [2.05, 4.69) is 11.5 Å². The zero-order valence-electron chi connectivity index (χ0n) is 22.2. The number of aromatic carboxylic acids is 1. The molecule has 0 aliphatic carbocycles. The van der Waals surface area contributed by atoms with Crippen LogP contribution in [0.2, 0.25) is 0 Å². The lowest BCUT2D eigenvalue weighted by Crippen LogP contribution is -2.14. The Kier molecular flexibility index (Phi) is 7.67. The third-order valence-electron chi connectivity index (χ3n) is 7.10. The quantitative estimate of drug-likeness (QED) is 0.107. The van der Waals surface area contributed by atoms with E-state index in [0.29, 0.717) is 27.3 Å². The van der Waals surface area contributed by atoms with Gasteiger partial charge in [0.2, 0.25) is 5.78 Å². The van der Waals surface area contributed by atoms with Crippen molar-refractivity contribution >= 4 is 56.8 Å². The summed E-state index contributed by atoms with van der Waals surface area (Å²) >= 11 is 1.32. The summed E-state index contributed by atoms with van der Waals surface area (Å²) in [5, 5.41) is 19.6. The third kappa shape index (κ3) is 5.08. The highest BCUT2D eigenvalue weighted by Gasteiger charge is 2.19. The highest BCUT2D eigenvalue weighted by molar-refractivity contribution is 7.99. The van der Waals surface area contributed by atoms with E-state index in [-0.39, 0.29) is 29.3 Å². The van der Waals surface area contributed by atoms with Gasteiger partial charge in [0.1, 0.15) is 0 Å². The number of nitrogens with one attached hydrogen (secondary N) is 1. The summed E-state index contributed by atoms with van der Waals surface area (Å²) in [6.07, 6.45) is 0.210. The van der Waals surface area contributed by atoms with Crippen LogP contribution in [0.3, 0.4) is 0 Å². The number of rotatable bonds is 10. The monoisotopic (exact) mass is 548 g/mol. The van der Waals surface area contributed by atoms with Gasteiger partial charge < -0.3 is 15.1 Å². The molecule has 1 aromatic heterocycles. The van der Waals surface area contributed by atoms with E-state index in [0.717, 1.165) is 33.9 Å². The average Bonchev–Trinajstić information content (AvgIpc) is 3.28. The molecule has 5 rings (SSSR count). The number of fused-ring (bicyclic) bond motifs is 3. The van der Waals surface area contributed by atoms with Crippen LogP contribution >= 0.6 is 11.8 Å². The van der Waals surface area contributed by atoms with Crippen LogP contribution in [0.4, 0.5) is 0 Å². The molecule has 0 saturated carbocycles. The molecule has 7 heteroatoms. The summed E-state index contributed by atoms with van der Waals surface area (Å²) in [5.41, 5.74) is 4.69. The fourth-order valence-corrected chi connectivity index (χ4v) is 6.04. The molecule has 200 valence electrons. The number of Topliss-reactive ketones (excluding diaryl/α,β-unsaturated/α-hetero) is 1. The molecule has 0 aliphatic heterocycles. The van der Waals surface area contributed by atoms with Crippen LogP contribution in [0.1, 0.15) is 55.5 Å². The molecule has 6 nitrogen and oxygen atoms in total. The van der Waals surface area contributed by atoms with Crippen LogP contribution in [0.25, 0.3) is 21.8 Å². The van der Waals surface area contributed by atoms with Gasteiger partial charge in [-0.2, -0.15) is 0 Å². The van der Waals surface area contributed by atoms with Crippen molar-refractivity contribution in [1.82, 2.24) is 4.57 Å². The van der Waals surface area contributed by atoms with Crippen molar-refractivity contribution < 1.29 is 19.5 Å². The Morgan fingerprint density at radius 1 is 0.825 bits per heavy atom. The molecule has 4 aromatic carbocycles. The van der Waals surface area contributed by atoms with Crippen LogP contribution in [0.5, 0.6) is 0 Å². The minimum Gasteiger partial charge on any atom is -0.478 e. The molecule has 1 heterocycles. The van der Waals surface area contributed by atoms with Gasteiger partial charge in [-0.1, -0.05) is 36.4 Å². The van der Waals surface area contributed by atoms with Crippen molar-refractivity contribution in [2.24, 2.45) is 0 Å². The molecule has 0 saturated heterocycles. The average molecular weight is 549 g/mol. The third-order valence-corrected chi connectivity index (χ3v) is 8.17. The van der Waals surface area contributed by atoms with E-state index < -0.39 is 5.97 Å². The van der Waals surface area contributed by atoms with Gasteiger partial charge in [0.05, 0.1) is 11.3 Å². The van der Waals surface area contributed by atoms with Crippen LogP contribution in [0, 0.1) is 12.3 Å². The number of carboxylic acids is 1. The first-order valence-electron chi connectivity index (χ1n) is 13.0. The van der Waals surface area contributed by atoms with Gasteiger partial charge in [-0.25, -0.2) is 4.79 Å². The summed E-state index contributed by atoms with van der Waals surface area (Å²) in [6, 6.07) is 25.4.